The highest BCUT2D eigenvalue weighted by atomic mass is 19.1. The first-order chi connectivity index (χ1) is 6.75. The van der Waals surface area contributed by atoms with Crippen LogP contribution in [0.3, 0.4) is 0 Å². The van der Waals surface area contributed by atoms with Gasteiger partial charge in [-0.2, -0.15) is 0 Å². The van der Waals surface area contributed by atoms with Gasteiger partial charge in [-0.05, 0) is 12.5 Å². The molecular formula is C10H14FNO2. The Morgan fingerprint density at radius 2 is 2.43 bits per heavy atom. The van der Waals surface area contributed by atoms with E-state index in [0.29, 0.717) is 6.61 Å². The highest BCUT2D eigenvalue weighted by Gasteiger charge is 2.11. The number of aliphatic hydroxyl groups excluding tert-OH is 1. The topological polar surface area (TPSA) is 42.4 Å². The molecule has 0 aliphatic carbocycles. The van der Waals surface area contributed by atoms with Gasteiger partial charge in [0.25, 0.3) is 0 Å². The Morgan fingerprint density at radius 3 is 3.07 bits per heavy atom. The van der Waals surface area contributed by atoms with E-state index in [4.69, 9.17) is 4.74 Å². The Balaban J connectivity index is 2.51. The molecule has 0 saturated heterocycles. The van der Waals surface area contributed by atoms with Gasteiger partial charge >= 0.3 is 0 Å². The fraction of sp³-hybridized carbons (Fsp3) is 0.500. The number of aromatic nitrogens is 1. The smallest absolute Gasteiger partial charge is 0.147 e. The predicted octanol–water partition coefficient (Wildman–Crippen LogP) is 1.68. The molecule has 1 heterocycles. The van der Waals surface area contributed by atoms with Crippen LogP contribution in [0, 0.1) is 5.82 Å². The van der Waals surface area contributed by atoms with E-state index < -0.39 is 11.9 Å². The van der Waals surface area contributed by atoms with Crippen LogP contribution in [0.25, 0.3) is 0 Å². The predicted molar refractivity (Wildman–Crippen MR) is 50.3 cm³/mol. The molecule has 1 atom stereocenters. The highest BCUT2D eigenvalue weighted by Crippen LogP contribution is 2.15. The monoisotopic (exact) mass is 199 g/mol. The minimum absolute atomic E-state index is 0.120. The number of aliphatic hydroxyl groups is 1. The lowest BCUT2D eigenvalue weighted by Gasteiger charge is -2.11. The summed E-state index contributed by atoms with van der Waals surface area (Å²) in [6, 6.07) is 1.45. The van der Waals surface area contributed by atoms with Crippen LogP contribution in [0.15, 0.2) is 18.5 Å². The number of ether oxygens (including phenoxy) is 1. The van der Waals surface area contributed by atoms with Crippen molar-refractivity contribution >= 4 is 0 Å². The van der Waals surface area contributed by atoms with E-state index in [2.05, 4.69) is 4.98 Å². The van der Waals surface area contributed by atoms with Gasteiger partial charge in [-0.25, -0.2) is 4.39 Å². The zero-order valence-corrected chi connectivity index (χ0v) is 8.11. The van der Waals surface area contributed by atoms with E-state index in [1.54, 1.807) is 0 Å². The first-order valence-electron chi connectivity index (χ1n) is 4.61. The lowest BCUT2D eigenvalue weighted by molar-refractivity contribution is 0.0345. The van der Waals surface area contributed by atoms with Gasteiger partial charge in [-0.3, -0.25) is 4.98 Å². The number of hydrogen-bond donors (Lipinski definition) is 1. The molecule has 0 bridgehead atoms. The van der Waals surface area contributed by atoms with E-state index in [9.17, 15) is 9.50 Å². The van der Waals surface area contributed by atoms with Crippen LogP contribution in [-0.2, 0) is 4.74 Å². The van der Waals surface area contributed by atoms with Crippen LogP contribution in [-0.4, -0.2) is 23.3 Å². The van der Waals surface area contributed by atoms with Gasteiger partial charge in [0.2, 0.25) is 0 Å². The first kappa shape index (κ1) is 11.1. The second-order valence-corrected chi connectivity index (χ2v) is 2.99. The van der Waals surface area contributed by atoms with Gasteiger partial charge in [-0.1, -0.05) is 6.92 Å². The summed E-state index contributed by atoms with van der Waals surface area (Å²) in [5.74, 6) is -0.500. The van der Waals surface area contributed by atoms with Crippen LogP contribution in [0.1, 0.15) is 25.0 Å². The number of halogens is 1. The van der Waals surface area contributed by atoms with Gasteiger partial charge in [0.1, 0.15) is 11.9 Å². The summed E-state index contributed by atoms with van der Waals surface area (Å²) in [6.07, 6.45) is 2.50. The minimum Gasteiger partial charge on any atom is -0.386 e. The standard InChI is InChI=1S/C10H14FNO2/c1-2-5-14-7-10(13)8-3-4-12-6-9(8)11/h3-4,6,10,13H,2,5,7H2,1H3. The summed E-state index contributed by atoms with van der Waals surface area (Å²) in [5, 5.41) is 9.54. The minimum atomic E-state index is -0.912. The average Bonchev–Trinajstić information content (AvgIpc) is 2.18. The third-order valence-electron chi connectivity index (χ3n) is 1.79. The summed E-state index contributed by atoms with van der Waals surface area (Å²) in [5.41, 5.74) is 0.233. The van der Waals surface area contributed by atoms with Crippen molar-refractivity contribution in [3.63, 3.8) is 0 Å². The molecule has 0 spiro atoms. The lowest BCUT2D eigenvalue weighted by Crippen LogP contribution is -2.09. The molecular weight excluding hydrogens is 185 g/mol. The van der Waals surface area contributed by atoms with Crippen molar-refractivity contribution in [3.05, 3.63) is 29.8 Å². The summed E-state index contributed by atoms with van der Waals surface area (Å²) in [7, 11) is 0. The van der Waals surface area contributed by atoms with E-state index in [0.717, 1.165) is 12.6 Å². The molecule has 3 nitrogen and oxygen atoms in total. The molecule has 1 N–H and O–H groups in total. The summed E-state index contributed by atoms with van der Waals surface area (Å²) in [6.45, 7) is 2.66. The van der Waals surface area contributed by atoms with Crippen LogP contribution >= 0.6 is 0 Å². The summed E-state index contributed by atoms with van der Waals surface area (Å²) in [4.78, 5) is 3.60. The van der Waals surface area contributed by atoms with Crippen molar-refractivity contribution in [1.82, 2.24) is 4.98 Å². The SMILES string of the molecule is CCCOCC(O)c1ccncc1F. The maximum atomic E-state index is 13.1. The molecule has 0 aliphatic heterocycles. The fourth-order valence-electron chi connectivity index (χ4n) is 1.09. The summed E-state index contributed by atoms with van der Waals surface area (Å²) >= 11 is 0. The molecule has 0 aliphatic rings. The van der Waals surface area contributed by atoms with Crippen LogP contribution in [0.2, 0.25) is 0 Å². The van der Waals surface area contributed by atoms with Crippen LogP contribution < -0.4 is 0 Å². The maximum absolute atomic E-state index is 13.1. The van der Waals surface area contributed by atoms with Crippen molar-refractivity contribution in [1.29, 1.82) is 0 Å². The molecule has 14 heavy (non-hydrogen) atoms. The summed E-state index contributed by atoms with van der Waals surface area (Å²) < 4.78 is 18.2. The molecule has 4 heteroatoms. The molecule has 1 aromatic rings. The molecule has 0 amide bonds. The van der Waals surface area contributed by atoms with Gasteiger partial charge in [0.15, 0.2) is 0 Å². The Bertz CT molecular complexity index is 281. The Kier molecular flexibility index (Phi) is 4.49. The molecule has 0 radical (unpaired) electrons. The van der Waals surface area contributed by atoms with Crippen molar-refractivity contribution in [2.24, 2.45) is 0 Å². The molecule has 0 aromatic carbocycles. The third kappa shape index (κ3) is 3.05. The van der Waals surface area contributed by atoms with Crippen LogP contribution in [0.4, 0.5) is 4.39 Å². The zero-order chi connectivity index (χ0) is 10.4. The van der Waals surface area contributed by atoms with Gasteiger partial charge in [0.05, 0.1) is 12.8 Å². The maximum Gasteiger partial charge on any atom is 0.147 e. The van der Waals surface area contributed by atoms with E-state index in [1.807, 2.05) is 6.92 Å². The van der Waals surface area contributed by atoms with Gasteiger partial charge < -0.3 is 9.84 Å². The van der Waals surface area contributed by atoms with Crippen molar-refractivity contribution in [2.45, 2.75) is 19.4 Å². The third-order valence-corrected chi connectivity index (χ3v) is 1.79. The molecule has 1 rings (SSSR count). The Hall–Kier alpha value is -1.00. The van der Waals surface area contributed by atoms with Crippen LogP contribution in [0.5, 0.6) is 0 Å². The van der Waals surface area contributed by atoms with Crippen molar-refractivity contribution < 1.29 is 14.2 Å². The number of nitrogens with zero attached hydrogens (tertiary/aromatic N) is 1. The first-order valence-corrected chi connectivity index (χ1v) is 4.61. The quantitative estimate of drug-likeness (QED) is 0.733. The average molecular weight is 199 g/mol. The number of rotatable bonds is 5. The van der Waals surface area contributed by atoms with Crippen molar-refractivity contribution in [3.8, 4) is 0 Å². The van der Waals surface area contributed by atoms with Crippen molar-refractivity contribution in [2.75, 3.05) is 13.2 Å². The van der Waals surface area contributed by atoms with Gasteiger partial charge in [0, 0.05) is 18.4 Å². The van der Waals surface area contributed by atoms with E-state index >= 15 is 0 Å². The fourth-order valence-corrected chi connectivity index (χ4v) is 1.09. The molecule has 0 fully saturated rings. The van der Waals surface area contributed by atoms with E-state index in [1.165, 1.54) is 12.3 Å². The largest absolute Gasteiger partial charge is 0.386 e. The molecule has 78 valence electrons. The number of pyridine rings is 1. The normalized spacial score (nSPS) is 12.8. The van der Waals surface area contributed by atoms with Gasteiger partial charge in [-0.15, -0.1) is 0 Å². The molecule has 0 saturated carbocycles. The zero-order valence-electron chi connectivity index (χ0n) is 8.11. The Labute approximate surface area is 82.5 Å². The molecule has 1 aromatic heterocycles. The second kappa shape index (κ2) is 5.67. The number of hydrogen-bond acceptors (Lipinski definition) is 3. The lowest BCUT2D eigenvalue weighted by atomic mass is 10.1. The molecule has 1 unspecified atom stereocenters. The highest BCUT2D eigenvalue weighted by molar-refractivity contribution is 5.15. The second-order valence-electron chi connectivity index (χ2n) is 2.99. The van der Waals surface area contributed by atoms with E-state index in [-0.39, 0.29) is 12.2 Å². The Morgan fingerprint density at radius 1 is 1.64 bits per heavy atom.